The van der Waals surface area contributed by atoms with Crippen molar-refractivity contribution in [1.29, 1.82) is 5.26 Å². The topological polar surface area (TPSA) is 103 Å². The van der Waals surface area contributed by atoms with E-state index >= 15 is 0 Å². The van der Waals surface area contributed by atoms with Gasteiger partial charge in [-0.2, -0.15) is 5.26 Å². The Balaban J connectivity index is 2.21. The predicted octanol–water partition coefficient (Wildman–Crippen LogP) is 1.97. The van der Waals surface area contributed by atoms with Crippen molar-refractivity contribution < 1.29 is 14.7 Å². The minimum atomic E-state index is -1.16. The number of rotatable bonds is 5. The van der Waals surface area contributed by atoms with Crippen molar-refractivity contribution in [2.75, 3.05) is 0 Å². The smallest absolute Gasteiger partial charge is 0.326 e. The van der Waals surface area contributed by atoms with Crippen molar-refractivity contribution in [3.8, 4) is 6.07 Å². The summed E-state index contributed by atoms with van der Waals surface area (Å²) in [6.45, 7) is 1.61. The summed E-state index contributed by atoms with van der Waals surface area (Å²) in [6, 6.07) is 9.79. The number of nitrogens with zero attached hydrogens (tertiary/aromatic N) is 2. The van der Waals surface area contributed by atoms with Crippen molar-refractivity contribution in [3.05, 3.63) is 42.1 Å². The Labute approximate surface area is 127 Å². The Morgan fingerprint density at radius 3 is 2.82 bits per heavy atom. The molecule has 0 saturated carbocycles. The summed E-state index contributed by atoms with van der Waals surface area (Å²) in [4.78, 5) is 27.6. The molecule has 6 heteroatoms. The molecule has 2 N–H and O–H groups in total. The van der Waals surface area contributed by atoms with Crippen LogP contribution in [0.5, 0.6) is 0 Å². The number of pyridine rings is 1. The number of hydrogen-bond acceptors (Lipinski definition) is 4. The number of carbonyl (C=O) groups is 2. The van der Waals surface area contributed by atoms with Gasteiger partial charge in [0.1, 0.15) is 6.04 Å². The highest BCUT2D eigenvalue weighted by molar-refractivity contribution is 5.99. The minimum absolute atomic E-state index is 0.0488. The van der Waals surface area contributed by atoms with E-state index in [1.807, 2.05) is 30.3 Å². The highest BCUT2D eigenvalue weighted by Crippen LogP contribution is 2.14. The number of benzene rings is 1. The number of carboxylic acids is 1. The van der Waals surface area contributed by atoms with E-state index in [9.17, 15) is 14.7 Å². The molecule has 2 atom stereocenters. The number of hydrogen-bond donors (Lipinski definition) is 2. The quantitative estimate of drug-likeness (QED) is 0.878. The Bertz CT molecular complexity index is 752. The molecule has 0 aliphatic carbocycles. The highest BCUT2D eigenvalue weighted by Gasteiger charge is 2.26. The third-order valence-corrected chi connectivity index (χ3v) is 3.39. The fraction of sp³-hybridized carbons (Fsp3) is 0.250. The van der Waals surface area contributed by atoms with Gasteiger partial charge in [0.2, 0.25) is 0 Å². The second-order valence-corrected chi connectivity index (χ2v) is 5.05. The molecule has 112 valence electrons. The van der Waals surface area contributed by atoms with Gasteiger partial charge in [-0.1, -0.05) is 25.1 Å². The van der Waals surface area contributed by atoms with Crippen molar-refractivity contribution in [3.63, 3.8) is 0 Å². The van der Waals surface area contributed by atoms with Gasteiger partial charge in [0, 0.05) is 23.9 Å². The Morgan fingerprint density at radius 1 is 1.41 bits per heavy atom. The first-order valence-electron chi connectivity index (χ1n) is 6.78. The summed E-state index contributed by atoms with van der Waals surface area (Å²) in [5, 5.41) is 21.1. The van der Waals surface area contributed by atoms with Crippen LogP contribution in [0, 0.1) is 17.2 Å². The molecular formula is C16H15N3O3. The van der Waals surface area contributed by atoms with Crippen LogP contribution in [0.1, 0.15) is 23.7 Å². The standard InChI is InChI=1S/C16H15N3O3/c1-10(6-7-17)14(16(21)22)19-15(20)12-8-11-4-2-3-5-13(11)18-9-12/h2-5,8-10,14H,6H2,1H3,(H,19,20)(H,21,22)/t10-,14+/m0/s1. The SMILES string of the molecule is C[C@@H](CC#N)[C@@H](NC(=O)c1cnc2ccccc2c1)C(=O)O. The van der Waals surface area contributed by atoms with Crippen molar-refractivity contribution in [1.82, 2.24) is 10.3 Å². The summed E-state index contributed by atoms with van der Waals surface area (Å²) in [5.41, 5.74) is 1.04. The maximum Gasteiger partial charge on any atom is 0.326 e. The van der Waals surface area contributed by atoms with Gasteiger partial charge >= 0.3 is 5.97 Å². The maximum atomic E-state index is 12.2. The molecule has 0 radical (unpaired) electrons. The molecular weight excluding hydrogens is 282 g/mol. The van der Waals surface area contributed by atoms with Crippen LogP contribution in [0.25, 0.3) is 10.9 Å². The summed E-state index contributed by atoms with van der Waals surface area (Å²) in [5.74, 6) is -2.17. The zero-order valence-electron chi connectivity index (χ0n) is 12.0. The van der Waals surface area contributed by atoms with Gasteiger partial charge < -0.3 is 10.4 Å². The third kappa shape index (κ3) is 3.38. The van der Waals surface area contributed by atoms with Crippen LogP contribution in [0.4, 0.5) is 0 Å². The van der Waals surface area contributed by atoms with Gasteiger partial charge in [-0.25, -0.2) is 4.79 Å². The van der Waals surface area contributed by atoms with E-state index in [-0.39, 0.29) is 12.0 Å². The molecule has 1 amide bonds. The third-order valence-electron chi connectivity index (χ3n) is 3.39. The van der Waals surface area contributed by atoms with Crippen LogP contribution in [0.2, 0.25) is 0 Å². The van der Waals surface area contributed by atoms with Crippen LogP contribution < -0.4 is 5.32 Å². The molecule has 0 bridgehead atoms. The van der Waals surface area contributed by atoms with E-state index < -0.39 is 23.8 Å². The number of carbonyl (C=O) groups excluding carboxylic acids is 1. The maximum absolute atomic E-state index is 12.2. The summed E-state index contributed by atoms with van der Waals surface area (Å²) >= 11 is 0. The molecule has 2 aromatic rings. The van der Waals surface area contributed by atoms with Crippen LogP contribution in [-0.2, 0) is 4.79 Å². The van der Waals surface area contributed by atoms with E-state index in [0.717, 1.165) is 10.9 Å². The fourth-order valence-electron chi connectivity index (χ4n) is 2.13. The second kappa shape index (κ2) is 6.68. The van der Waals surface area contributed by atoms with Crippen molar-refractivity contribution in [2.45, 2.75) is 19.4 Å². The van der Waals surface area contributed by atoms with Gasteiger partial charge in [-0.3, -0.25) is 9.78 Å². The molecule has 6 nitrogen and oxygen atoms in total. The van der Waals surface area contributed by atoms with Gasteiger partial charge in [-0.05, 0) is 12.1 Å². The second-order valence-electron chi connectivity index (χ2n) is 5.05. The van der Waals surface area contributed by atoms with Crippen LogP contribution >= 0.6 is 0 Å². The summed E-state index contributed by atoms with van der Waals surface area (Å²) < 4.78 is 0. The Hall–Kier alpha value is -2.94. The molecule has 0 aliphatic heterocycles. The average molecular weight is 297 g/mol. The lowest BCUT2D eigenvalue weighted by atomic mass is 9.98. The molecule has 1 aromatic heterocycles. The molecule has 1 aromatic carbocycles. The first kappa shape index (κ1) is 15.4. The molecule has 0 aliphatic rings. The van der Waals surface area contributed by atoms with Crippen LogP contribution in [0.3, 0.4) is 0 Å². The molecule has 0 unspecified atom stereocenters. The largest absolute Gasteiger partial charge is 0.480 e. The van der Waals surface area contributed by atoms with E-state index in [4.69, 9.17) is 5.26 Å². The van der Waals surface area contributed by atoms with E-state index in [2.05, 4.69) is 10.3 Å². The normalized spacial score (nSPS) is 13.1. The van der Waals surface area contributed by atoms with Crippen molar-refractivity contribution in [2.24, 2.45) is 5.92 Å². The highest BCUT2D eigenvalue weighted by atomic mass is 16.4. The molecule has 2 rings (SSSR count). The lowest BCUT2D eigenvalue weighted by Crippen LogP contribution is -2.45. The number of carboxylic acid groups (broad SMARTS) is 1. The van der Waals surface area contributed by atoms with Gasteiger partial charge in [0.25, 0.3) is 5.91 Å². The van der Waals surface area contributed by atoms with E-state index in [1.54, 1.807) is 13.0 Å². The lowest BCUT2D eigenvalue weighted by molar-refractivity contribution is -0.140. The van der Waals surface area contributed by atoms with E-state index in [0.29, 0.717) is 0 Å². The minimum Gasteiger partial charge on any atom is -0.480 e. The Morgan fingerprint density at radius 2 is 2.14 bits per heavy atom. The van der Waals surface area contributed by atoms with Crippen molar-refractivity contribution >= 4 is 22.8 Å². The van der Waals surface area contributed by atoms with E-state index in [1.165, 1.54) is 6.20 Å². The molecule has 0 saturated heterocycles. The zero-order valence-corrected chi connectivity index (χ0v) is 12.0. The predicted molar refractivity (Wildman–Crippen MR) is 80.0 cm³/mol. The molecule has 1 heterocycles. The summed E-state index contributed by atoms with van der Waals surface area (Å²) in [7, 11) is 0. The molecule has 0 spiro atoms. The van der Waals surface area contributed by atoms with Crippen LogP contribution in [0.15, 0.2) is 36.5 Å². The Kier molecular flexibility index (Phi) is 4.69. The number of aliphatic carboxylic acids is 1. The first-order chi connectivity index (χ1) is 10.5. The first-order valence-corrected chi connectivity index (χ1v) is 6.78. The van der Waals surface area contributed by atoms with Gasteiger partial charge in [-0.15, -0.1) is 0 Å². The lowest BCUT2D eigenvalue weighted by Gasteiger charge is -2.19. The number of amides is 1. The fourth-order valence-corrected chi connectivity index (χ4v) is 2.13. The van der Waals surface area contributed by atoms with Gasteiger partial charge in [0.05, 0.1) is 17.1 Å². The average Bonchev–Trinajstić information content (AvgIpc) is 2.51. The molecule has 0 fully saturated rings. The summed E-state index contributed by atoms with van der Waals surface area (Å²) in [6.07, 6.45) is 1.46. The number of nitriles is 1. The molecule has 22 heavy (non-hydrogen) atoms. The van der Waals surface area contributed by atoms with Crippen LogP contribution in [-0.4, -0.2) is 28.0 Å². The number of fused-ring (bicyclic) bond motifs is 1. The monoisotopic (exact) mass is 297 g/mol. The van der Waals surface area contributed by atoms with Gasteiger partial charge in [0.15, 0.2) is 0 Å². The zero-order chi connectivity index (χ0) is 16.1. The number of para-hydroxylation sites is 1. The number of aromatic nitrogens is 1. The number of nitrogens with one attached hydrogen (secondary N) is 1.